The summed E-state index contributed by atoms with van der Waals surface area (Å²) < 4.78 is 27.9. The zero-order valence-electron chi connectivity index (χ0n) is 15.9. The van der Waals surface area contributed by atoms with E-state index < -0.39 is 10.0 Å². The molecule has 0 unspecified atom stereocenters. The molecule has 0 atom stereocenters. The van der Waals surface area contributed by atoms with Crippen LogP contribution in [0.3, 0.4) is 0 Å². The second-order valence-electron chi connectivity index (χ2n) is 7.25. The molecule has 1 heterocycles. The first kappa shape index (κ1) is 20.8. The number of nitrogens with one attached hydrogen (secondary N) is 2. The number of amides is 1. The molecule has 0 radical (unpaired) electrons. The van der Waals surface area contributed by atoms with E-state index in [9.17, 15) is 13.2 Å². The van der Waals surface area contributed by atoms with Crippen LogP contribution in [0.15, 0.2) is 34.2 Å². The van der Waals surface area contributed by atoms with Gasteiger partial charge in [0.05, 0.1) is 18.0 Å². The number of carbonyl (C=O) groups is 1. The molecule has 9 heteroatoms. The minimum atomic E-state index is -3.75. The number of anilines is 1. The Hall–Kier alpha value is -1.97. The van der Waals surface area contributed by atoms with E-state index >= 15 is 0 Å². The molecule has 1 aromatic rings. The Morgan fingerprint density at radius 2 is 2.07 bits per heavy atom. The van der Waals surface area contributed by atoms with E-state index in [1.807, 2.05) is 4.90 Å². The van der Waals surface area contributed by atoms with Crippen LogP contribution in [0.2, 0.25) is 0 Å². The van der Waals surface area contributed by atoms with Gasteiger partial charge in [0, 0.05) is 31.2 Å². The molecule has 3 rings (SSSR count). The van der Waals surface area contributed by atoms with Gasteiger partial charge < -0.3 is 10.4 Å². The van der Waals surface area contributed by atoms with Crippen molar-refractivity contribution in [2.24, 2.45) is 4.99 Å². The summed E-state index contributed by atoms with van der Waals surface area (Å²) >= 11 is 0. The maximum atomic E-state index is 12.7. The van der Waals surface area contributed by atoms with Crippen molar-refractivity contribution in [3.05, 3.63) is 24.3 Å². The third-order valence-corrected chi connectivity index (χ3v) is 6.23. The molecular formula is C19H28N4O4S. The molecule has 0 bridgehead atoms. The lowest BCUT2D eigenvalue weighted by Gasteiger charge is -2.20. The highest BCUT2D eigenvalue weighted by molar-refractivity contribution is 7.90. The molecule has 1 aliphatic heterocycles. The topological polar surface area (TPSA) is 111 Å². The fourth-order valence-electron chi connectivity index (χ4n) is 3.26. The number of carbonyl (C=O) groups excluding carboxylic acids is 1. The first-order chi connectivity index (χ1) is 13.5. The van der Waals surface area contributed by atoms with Gasteiger partial charge in [-0.2, -0.15) is 0 Å². The smallest absolute Gasteiger partial charge is 0.262 e. The van der Waals surface area contributed by atoms with Gasteiger partial charge in [-0.15, -0.1) is 0 Å². The Labute approximate surface area is 166 Å². The molecule has 0 saturated heterocycles. The Morgan fingerprint density at radius 3 is 2.82 bits per heavy atom. The highest BCUT2D eigenvalue weighted by Crippen LogP contribution is 2.26. The summed E-state index contributed by atoms with van der Waals surface area (Å²) in [5.74, 6) is 0.270. The van der Waals surface area contributed by atoms with E-state index in [-0.39, 0.29) is 24.0 Å². The monoisotopic (exact) mass is 408 g/mol. The van der Waals surface area contributed by atoms with E-state index in [1.54, 1.807) is 12.1 Å². The van der Waals surface area contributed by atoms with Crippen molar-refractivity contribution in [3.63, 3.8) is 0 Å². The quantitative estimate of drug-likeness (QED) is 0.601. The third kappa shape index (κ3) is 6.02. The number of amidine groups is 1. The predicted molar refractivity (Wildman–Crippen MR) is 108 cm³/mol. The van der Waals surface area contributed by atoms with Crippen LogP contribution in [0.5, 0.6) is 0 Å². The SMILES string of the molecule is O=C(CN(CCO)C1CC1)Nc1cccc(S(=O)(=O)NC2=NCCCCC2)c1. The third-order valence-electron chi connectivity index (χ3n) is 4.85. The lowest BCUT2D eigenvalue weighted by Crippen LogP contribution is -2.36. The number of sulfonamides is 1. The van der Waals surface area contributed by atoms with Gasteiger partial charge in [-0.1, -0.05) is 12.5 Å². The minimum absolute atomic E-state index is 0.00701. The molecular weight excluding hydrogens is 380 g/mol. The molecule has 3 N–H and O–H groups in total. The molecule has 2 aliphatic rings. The number of hydrogen-bond donors (Lipinski definition) is 3. The van der Waals surface area contributed by atoms with Crippen LogP contribution in [0.4, 0.5) is 5.69 Å². The summed E-state index contributed by atoms with van der Waals surface area (Å²) in [4.78, 5) is 18.7. The lowest BCUT2D eigenvalue weighted by molar-refractivity contribution is -0.117. The Morgan fingerprint density at radius 1 is 1.25 bits per heavy atom. The second-order valence-corrected chi connectivity index (χ2v) is 8.93. The predicted octanol–water partition coefficient (Wildman–Crippen LogP) is 1.33. The van der Waals surface area contributed by atoms with Crippen molar-refractivity contribution in [3.8, 4) is 0 Å². The molecule has 8 nitrogen and oxygen atoms in total. The molecule has 1 aromatic carbocycles. The number of hydrogen-bond acceptors (Lipinski definition) is 6. The average molecular weight is 409 g/mol. The standard InChI is InChI=1S/C19H28N4O4S/c24-12-11-23(16-8-9-16)14-19(25)21-15-5-4-6-17(13-15)28(26,27)22-18-7-2-1-3-10-20-18/h4-6,13,16,24H,1-3,7-12,14H2,(H,20,22)(H,21,25). The van der Waals surface area contributed by atoms with Gasteiger partial charge in [0.2, 0.25) is 5.91 Å². The fourth-order valence-corrected chi connectivity index (χ4v) is 4.39. The lowest BCUT2D eigenvalue weighted by atomic mass is 10.2. The molecule has 1 fully saturated rings. The summed E-state index contributed by atoms with van der Waals surface area (Å²) in [7, 11) is -3.75. The molecule has 154 valence electrons. The van der Waals surface area contributed by atoms with Crippen LogP contribution in [-0.2, 0) is 14.8 Å². The Kier molecular flexibility index (Phi) is 7.03. The average Bonchev–Trinajstić information content (AvgIpc) is 3.49. The van der Waals surface area contributed by atoms with Gasteiger partial charge in [0.25, 0.3) is 10.0 Å². The highest BCUT2D eigenvalue weighted by Gasteiger charge is 2.29. The van der Waals surface area contributed by atoms with E-state index in [0.717, 1.165) is 32.1 Å². The van der Waals surface area contributed by atoms with Crippen LogP contribution in [0.1, 0.15) is 38.5 Å². The molecule has 1 aliphatic carbocycles. The van der Waals surface area contributed by atoms with Gasteiger partial charge in [0.1, 0.15) is 5.84 Å². The van der Waals surface area contributed by atoms with Crippen LogP contribution < -0.4 is 10.0 Å². The summed E-state index contributed by atoms with van der Waals surface area (Å²) in [6.45, 7) is 1.28. The molecule has 1 saturated carbocycles. The largest absolute Gasteiger partial charge is 0.395 e. The summed E-state index contributed by atoms with van der Waals surface area (Å²) in [5, 5.41) is 11.9. The normalized spacial score (nSPS) is 17.7. The van der Waals surface area contributed by atoms with Gasteiger partial charge >= 0.3 is 0 Å². The van der Waals surface area contributed by atoms with Crippen molar-refractivity contribution in [1.82, 2.24) is 9.62 Å². The Balaban J connectivity index is 1.64. The van der Waals surface area contributed by atoms with Crippen molar-refractivity contribution in [2.45, 2.75) is 49.5 Å². The first-order valence-corrected chi connectivity index (χ1v) is 11.3. The number of rotatable bonds is 8. The van der Waals surface area contributed by atoms with Crippen molar-refractivity contribution in [2.75, 3.05) is 31.6 Å². The van der Waals surface area contributed by atoms with Crippen molar-refractivity contribution >= 4 is 27.5 Å². The molecule has 28 heavy (non-hydrogen) atoms. The maximum Gasteiger partial charge on any atom is 0.262 e. The van der Waals surface area contributed by atoms with Gasteiger partial charge in [-0.05, 0) is 43.9 Å². The first-order valence-electron chi connectivity index (χ1n) is 9.79. The number of nitrogens with zero attached hydrogens (tertiary/aromatic N) is 2. The summed E-state index contributed by atoms with van der Waals surface area (Å²) in [6, 6.07) is 6.57. The number of aliphatic imine (C=N–C) groups is 1. The molecule has 0 spiro atoms. The molecule has 0 aromatic heterocycles. The van der Waals surface area contributed by atoms with Crippen LogP contribution in [0, 0.1) is 0 Å². The molecule has 1 amide bonds. The van der Waals surface area contributed by atoms with Gasteiger partial charge in [-0.25, -0.2) is 8.42 Å². The minimum Gasteiger partial charge on any atom is -0.395 e. The second kappa shape index (κ2) is 9.49. The van der Waals surface area contributed by atoms with E-state index in [1.165, 1.54) is 12.1 Å². The zero-order chi connectivity index (χ0) is 20.0. The Bertz CT molecular complexity index is 821. The van der Waals surface area contributed by atoms with Crippen LogP contribution >= 0.6 is 0 Å². The summed E-state index contributed by atoms with van der Waals surface area (Å²) in [6.07, 6.45) is 5.64. The van der Waals surface area contributed by atoms with Gasteiger partial charge in [0.15, 0.2) is 0 Å². The summed E-state index contributed by atoms with van der Waals surface area (Å²) in [5.41, 5.74) is 0.426. The zero-order valence-corrected chi connectivity index (χ0v) is 16.7. The van der Waals surface area contributed by atoms with E-state index in [0.29, 0.717) is 37.1 Å². The van der Waals surface area contributed by atoms with E-state index in [2.05, 4.69) is 15.0 Å². The van der Waals surface area contributed by atoms with Gasteiger partial charge in [-0.3, -0.25) is 19.4 Å². The number of benzene rings is 1. The maximum absolute atomic E-state index is 12.7. The number of aliphatic hydroxyl groups excluding tert-OH is 1. The van der Waals surface area contributed by atoms with Crippen molar-refractivity contribution in [1.29, 1.82) is 0 Å². The van der Waals surface area contributed by atoms with Crippen molar-refractivity contribution < 1.29 is 18.3 Å². The van der Waals surface area contributed by atoms with E-state index in [4.69, 9.17) is 5.11 Å². The number of aliphatic hydroxyl groups is 1. The highest BCUT2D eigenvalue weighted by atomic mass is 32.2. The van der Waals surface area contributed by atoms with Crippen LogP contribution in [0.25, 0.3) is 0 Å². The fraction of sp³-hybridized carbons (Fsp3) is 0.579. The van der Waals surface area contributed by atoms with Crippen LogP contribution in [-0.4, -0.2) is 62.5 Å².